The summed E-state index contributed by atoms with van der Waals surface area (Å²) in [4.78, 5) is 22.0. The fourth-order valence-electron chi connectivity index (χ4n) is 3.60. The van der Waals surface area contributed by atoms with Crippen molar-refractivity contribution in [2.24, 2.45) is 5.14 Å². The van der Waals surface area contributed by atoms with Crippen molar-refractivity contribution in [3.8, 4) is 0 Å². The maximum absolute atomic E-state index is 14.4. The number of rotatable bonds is 3. The molecule has 3 aromatic rings. The van der Waals surface area contributed by atoms with E-state index in [1.54, 1.807) is 4.90 Å². The first-order valence-corrected chi connectivity index (χ1v) is 10.4. The second-order valence-corrected chi connectivity index (χ2v) is 8.55. The molecule has 1 fully saturated rings. The number of carbonyl (C=O) groups is 1. The molecule has 0 radical (unpaired) electrons. The monoisotopic (exact) mass is 402 g/mol. The number of aromatic nitrogens is 2. The summed E-state index contributed by atoms with van der Waals surface area (Å²) in [5.74, 6) is -0.756. The number of nitrogens with two attached hydrogens (primary N) is 1. The molecule has 2 aromatic carbocycles. The summed E-state index contributed by atoms with van der Waals surface area (Å²) in [5, 5.41) is 5.02. The average molecular weight is 402 g/mol. The molecule has 3 N–H and O–H groups in total. The lowest BCUT2D eigenvalue weighted by molar-refractivity contribution is 0.0725. The van der Waals surface area contributed by atoms with Crippen molar-refractivity contribution in [1.82, 2.24) is 14.9 Å². The number of fused-ring (bicyclic) bond motifs is 1. The van der Waals surface area contributed by atoms with E-state index in [0.29, 0.717) is 18.8 Å². The van der Waals surface area contributed by atoms with Crippen molar-refractivity contribution in [3.05, 3.63) is 59.2 Å². The average Bonchev–Trinajstić information content (AvgIpc) is 3.26. The number of imidazole rings is 1. The number of carbonyl (C=O) groups excluding carboxylic acids is 1. The smallest absolute Gasteiger partial charge is 0.257 e. The van der Waals surface area contributed by atoms with E-state index in [9.17, 15) is 17.6 Å². The molecule has 146 valence electrons. The zero-order valence-corrected chi connectivity index (χ0v) is 16.0. The van der Waals surface area contributed by atoms with E-state index >= 15 is 0 Å². The minimum Gasteiger partial charge on any atom is -0.340 e. The number of nitrogens with zero attached hydrogens (tertiary/aromatic N) is 2. The highest BCUT2D eigenvalue weighted by Crippen LogP contribution is 2.33. The first-order valence-electron chi connectivity index (χ1n) is 8.83. The van der Waals surface area contributed by atoms with Gasteiger partial charge in [0.15, 0.2) is 0 Å². The maximum atomic E-state index is 14.4. The molecule has 0 aliphatic carbocycles. The van der Waals surface area contributed by atoms with Gasteiger partial charge in [-0.05, 0) is 55.7 Å². The second kappa shape index (κ2) is 6.68. The number of likely N-dealkylation sites (tertiary alicyclic amines) is 1. The minimum atomic E-state index is -4.04. The summed E-state index contributed by atoms with van der Waals surface area (Å²) in [6, 6.07) is 8.65. The van der Waals surface area contributed by atoms with Crippen LogP contribution in [0.1, 0.15) is 40.6 Å². The molecule has 1 amide bonds. The first kappa shape index (κ1) is 18.6. The van der Waals surface area contributed by atoms with Crippen molar-refractivity contribution < 1.29 is 17.6 Å². The number of primary sulfonamides is 1. The van der Waals surface area contributed by atoms with E-state index in [4.69, 9.17) is 5.14 Å². The molecule has 1 saturated heterocycles. The van der Waals surface area contributed by atoms with Gasteiger partial charge in [-0.3, -0.25) is 4.79 Å². The third-order valence-corrected chi connectivity index (χ3v) is 5.90. The van der Waals surface area contributed by atoms with Crippen LogP contribution in [0.25, 0.3) is 11.0 Å². The molecule has 1 atom stereocenters. The molecule has 1 aromatic heterocycles. The SMILES string of the molecule is Cc1ccc2nc(C3CCCN3C(=O)c3ccc(S(N)(=O)=O)cc3F)[nH]c2c1. The standard InChI is InChI=1S/C19H19FN4O3S/c1-11-4-7-15-16(9-11)23-18(22-15)17-3-2-8-24(17)19(25)13-6-5-12(10-14(13)20)28(21,26)27/h4-7,9-10,17H,2-3,8H2,1H3,(H,22,23)(H2,21,26,27). The Morgan fingerprint density at radius 1 is 1.29 bits per heavy atom. The number of sulfonamides is 1. The number of H-pyrrole nitrogens is 1. The Labute approximate surface area is 161 Å². The Kier molecular flexibility index (Phi) is 4.43. The number of amides is 1. The van der Waals surface area contributed by atoms with Gasteiger partial charge in [0.25, 0.3) is 5.91 Å². The number of hydrogen-bond acceptors (Lipinski definition) is 4. The zero-order valence-electron chi connectivity index (χ0n) is 15.1. The van der Waals surface area contributed by atoms with Gasteiger partial charge in [0, 0.05) is 6.54 Å². The van der Waals surface area contributed by atoms with Gasteiger partial charge in [0.1, 0.15) is 11.6 Å². The zero-order chi connectivity index (χ0) is 20.1. The van der Waals surface area contributed by atoms with Crippen molar-refractivity contribution in [1.29, 1.82) is 0 Å². The van der Waals surface area contributed by atoms with E-state index in [1.165, 1.54) is 0 Å². The maximum Gasteiger partial charge on any atom is 0.257 e. The fourth-order valence-corrected chi connectivity index (χ4v) is 4.12. The lowest BCUT2D eigenvalue weighted by atomic mass is 10.1. The van der Waals surface area contributed by atoms with Crippen LogP contribution in [0.3, 0.4) is 0 Å². The van der Waals surface area contributed by atoms with Crippen LogP contribution in [-0.2, 0) is 10.0 Å². The summed E-state index contributed by atoms with van der Waals surface area (Å²) in [6.07, 6.45) is 1.48. The Morgan fingerprint density at radius 3 is 2.79 bits per heavy atom. The van der Waals surface area contributed by atoms with Crippen LogP contribution < -0.4 is 5.14 Å². The van der Waals surface area contributed by atoms with Crippen LogP contribution >= 0.6 is 0 Å². The topological polar surface area (TPSA) is 109 Å². The molecule has 2 heterocycles. The molecule has 1 unspecified atom stereocenters. The highest BCUT2D eigenvalue weighted by Gasteiger charge is 2.34. The van der Waals surface area contributed by atoms with Gasteiger partial charge in [0.05, 0.1) is 27.5 Å². The molecule has 0 saturated carbocycles. The van der Waals surface area contributed by atoms with E-state index in [1.807, 2.05) is 25.1 Å². The Hall–Kier alpha value is -2.78. The molecule has 7 nitrogen and oxygen atoms in total. The van der Waals surface area contributed by atoms with Crippen LogP contribution in [-0.4, -0.2) is 35.7 Å². The van der Waals surface area contributed by atoms with E-state index in [-0.39, 0.29) is 16.5 Å². The van der Waals surface area contributed by atoms with Gasteiger partial charge in [-0.2, -0.15) is 0 Å². The van der Waals surface area contributed by atoms with Gasteiger partial charge in [-0.25, -0.2) is 22.9 Å². The highest BCUT2D eigenvalue weighted by atomic mass is 32.2. The van der Waals surface area contributed by atoms with Crippen LogP contribution in [0.5, 0.6) is 0 Å². The molecule has 1 aliphatic rings. The lowest BCUT2D eigenvalue weighted by Crippen LogP contribution is -2.31. The van der Waals surface area contributed by atoms with Crippen LogP contribution in [0.2, 0.25) is 0 Å². The quantitative estimate of drug-likeness (QED) is 0.702. The Balaban J connectivity index is 1.66. The number of nitrogens with one attached hydrogen (secondary N) is 1. The molecule has 1 aliphatic heterocycles. The number of hydrogen-bond donors (Lipinski definition) is 2. The van der Waals surface area contributed by atoms with Gasteiger partial charge >= 0.3 is 0 Å². The molecule has 0 bridgehead atoms. The minimum absolute atomic E-state index is 0.189. The number of halogens is 1. The molecule has 4 rings (SSSR count). The normalized spacial score (nSPS) is 17.4. The number of aromatic amines is 1. The van der Waals surface area contributed by atoms with Gasteiger partial charge in [0.2, 0.25) is 10.0 Å². The second-order valence-electron chi connectivity index (χ2n) is 6.99. The van der Waals surface area contributed by atoms with Gasteiger partial charge < -0.3 is 9.88 Å². The van der Waals surface area contributed by atoms with Crippen molar-refractivity contribution in [2.45, 2.75) is 30.7 Å². The fraction of sp³-hybridized carbons (Fsp3) is 0.263. The van der Waals surface area contributed by atoms with E-state index in [2.05, 4.69) is 9.97 Å². The summed E-state index contributed by atoms with van der Waals surface area (Å²) in [5.41, 5.74) is 2.60. The van der Waals surface area contributed by atoms with Crippen LogP contribution in [0, 0.1) is 12.7 Å². The molecule has 28 heavy (non-hydrogen) atoms. The first-order chi connectivity index (χ1) is 13.2. The van der Waals surface area contributed by atoms with E-state index < -0.39 is 21.7 Å². The van der Waals surface area contributed by atoms with Crippen molar-refractivity contribution >= 4 is 27.0 Å². The largest absolute Gasteiger partial charge is 0.340 e. The summed E-state index contributed by atoms with van der Waals surface area (Å²) < 4.78 is 37.2. The molecular weight excluding hydrogens is 383 g/mol. The van der Waals surface area contributed by atoms with Crippen molar-refractivity contribution in [2.75, 3.05) is 6.54 Å². The third kappa shape index (κ3) is 3.27. The highest BCUT2D eigenvalue weighted by molar-refractivity contribution is 7.89. The Bertz CT molecular complexity index is 1190. The molecule has 0 spiro atoms. The lowest BCUT2D eigenvalue weighted by Gasteiger charge is -2.23. The van der Waals surface area contributed by atoms with Gasteiger partial charge in [-0.1, -0.05) is 6.07 Å². The molecule has 9 heteroatoms. The third-order valence-electron chi connectivity index (χ3n) is 4.98. The summed E-state index contributed by atoms with van der Waals surface area (Å²) in [7, 11) is -4.04. The summed E-state index contributed by atoms with van der Waals surface area (Å²) in [6.45, 7) is 2.45. The number of benzene rings is 2. The Morgan fingerprint density at radius 2 is 2.07 bits per heavy atom. The van der Waals surface area contributed by atoms with E-state index in [0.717, 1.165) is 41.2 Å². The van der Waals surface area contributed by atoms with Crippen LogP contribution in [0.15, 0.2) is 41.3 Å². The predicted octanol–water partition coefficient (Wildman–Crippen LogP) is 2.64. The predicted molar refractivity (Wildman–Crippen MR) is 102 cm³/mol. The van der Waals surface area contributed by atoms with Gasteiger partial charge in [-0.15, -0.1) is 0 Å². The van der Waals surface area contributed by atoms with Crippen molar-refractivity contribution in [3.63, 3.8) is 0 Å². The molecular formula is C19H19FN4O3S. The summed E-state index contributed by atoms with van der Waals surface area (Å²) >= 11 is 0. The van der Waals surface area contributed by atoms with Crippen LogP contribution in [0.4, 0.5) is 4.39 Å². The number of aryl methyl sites for hydroxylation is 1.